The summed E-state index contributed by atoms with van der Waals surface area (Å²) < 4.78 is 41.4. The Kier molecular flexibility index (Phi) is 5.07. The molecule has 0 spiro atoms. The SMILES string of the molecule is Cc1ccc(-c2cc(C(=O)NC(C)(C)C(F)(F)F)cc(-n3nnnc3C3CC3)c2)cc1. The number of carbonyl (C=O) groups is 1. The minimum atomic E-state index is -4.59. The monoisotopic (exact) mass is 429 g/mol. The molecule has 162 valence electrons. The highest BCUT2D eigenvalue weighted by Gasteiger charge is 2.48. The first kappa shape index (κ1) is 21.0. The van der Waals surface area contributed by atoms with Crippen molar-refractivity contribution in [3.05, 3.63) is 59.4 Å². The number of halogens is 3. The number of alkyl halides is 3. The van der Waals surface area contributed by atoms with Crippen LogP contribution in [0.1, 0.15) is 54.4 Å². The number of nitrogens with one attached hydrogen (secondary N) is 1. The largest absolute Gasteiger partial charge is 0.410 e. The van der Waals surface area contributed by atoms with Crippen molar-refractivity contribution in [3.63, 3.8) is 0 Å². The van der Waals surface area contributed by atoms with Gasteiger partial charge in [0.25, 0.3) is 5.91 Å². The molecular weight excluding hydrogens is 407 g/mol. The van der Waals surface area contributed by atoms with Crippen LogP contribution in [0.15, 0.2) is 42.5 Å². The Morgan fingerprint density at radius 3 is 2.35 bits per heavy atom. The molecule has 9 heteroatoms. The van der Waals surface area contributed by atoms with Crippen LogP contribution in [0.3, 0.4) is 0 Å². The second-order valence-corrected chi connectivity index (χ2v) is 8.43. The minimum Gasteiger partial charge on any atom is -0.338 e. The topological polar surface area (TPSA) is 72.7 Å². The number of rotatable bonds is 5. The second kappa shape index (κ2) is 7.47. The van der Waals surface area contributed by atoms with E-state index < -0.39 is 17.6 Å². The predicted molar refractivity (Wildman–Crippen MR) is 109 cm³/mol. The van der Waals surface area contributed by atoms with Crippen molar-refractivity contribution in [2.45, 2.75) is 51.2 Å². The van der Waals surface area contributed by atoms with Crippen LogP contribution in [0.2, 0.25) is 0 Å². The van der Waals surface area contributed by atoms with E-state index in [1.807, 2.05) is 37.3 Å². The third-order valence-corrected chi connectivity index (χ3v) is 5.38. The van der Waals surface area contributed by atoms with Gasteiger partial charge in [-0.15, -0.1) is 5.10 Å². The molecule has 1 aromatic heterocycles. The van der Waals surface area contributed by atoms with E-state index in [1.54, 1.807) is 10.7 Å². The summed E-state index contributed by atoms with van der Waals surface area (Å²) in [5.41, 5.74) is 0.837. The summed E-state index contributed by atoms with van der Waals surface area (Å²) in [6, 6.07) is 12.6. The zero-order chi connectivity index (χ0) is 22.4. The first-order valence-corrected chi connectivity index (χ1v) is 9.95. The van der Waals surface area contributed by atoms with Crippen molar-refractivity contribution < 1.29 is 18.0 Å². The maximum Gasteiger partial charge on any atom is 0.410 e. The number of hydrogen-bond acceptors (Lipinski definition) is 4. The highest BCUT2D eigenvalue weighted by Crippen LogP contribution is 2.39. The van der Waals surface area contributed by atoms with Crippen LogP contribution in [0.4, 0.5) is 13.2 Å². The molecule has 31 heavy (non-hydrogen) atoms. The maximum absolute atomic E-state index is 13.3. The molecule has 1 saturated carbocycles. The van der Waals surface area contributed by atoms with Crippen LogP contribution in [0.5, 0.6) is 0 Å². The Morgan fingerprint density at radius 2 is 1.74 bits per heavy atom. The summed E-state index contributed by atoms with van der Waals surface area (Å²) >= 11 is 0. The second-order valence-electron chi connectivity index (χ2n) is 8.43. The quantitative estimate of drug-likeness (QED) is 0.644. The Balaban J connectivity index is 1.79. The van der Waals surface area contributed by atoms with Crippen LogP contribution in [-0.4, -0.2) is 37.8 Å². The average Bonchev–Trinajstić information content (AvgIpc) is 3.43. The number of benzene rings is 2. The third-order valence-electron chi connectivity index (χ3n) is 5.38. The molecule has 1 N–H and O–H groups in total. The fourth-order valence-electron chi connectivity index (χ4n) is 3.18. The number of aryl methyl sites for hydroxylation is 1. The van der Waals surface area contributed by atoms with Crippen molar-refractivity contribution in [3.8, 4) is 16.8 Å². The maximum atomic E-state index is 13.3. The van der Waals surface area contributed by atoms with Gasteiger partial charge in [0, 0.05) is 11.5 Å². The Morgan fingerprint density at radius 1 is 1.06 bits per heavy atom. The van der Waals surface area contributed by atoms with Crippen molar-refractivity contribution in [1.29, 1.82) is 0 Å². The lowest BCUT2D eigenvalue weighted by atomic mass is 9.99. The molecule has 2 aromatic carbocycles. The number of carbonyl (C=O) groups excluding carboxylic acids is 1. The molecule has 0 saturated heterocycles. The smallest absolute Gasteiger partial charge is 0.338 e. The van der Waals surface area contributed by atoms with Gasteiger partial charge in [0.15, 0.2) is 5.82 Å². The number of hydrogen-bond donors (Lipinski definition) is 1. The molecule has 0 radical (unpaired) electrons. The Hall–Kier alpha value is -3.23. The lowest BCUT2D eigenvalue weighted by Gasteiger charge is -2.29. The van der Waals surface area contributed by atoms with E-state index in [4.69, 9.17) is 0 Å². The molecule has 1 heterocycles. The molecule has 6 nitrogen and oxygen atoms in total. The van der Waals surface area contributed by atoms with Gasteiger partial charge in [0.2, 0.25) is 0 Å². The van der Waals surface area contributed by atoms with Gasteiger partial charge < -0.3 is 5.32 Å². The van der Waals surface area contributed by atoms with E-state index in [0.717, 1.165) is 37.8 Å². The van der Waals surface area contributed by atoms with E-state index in [1.165, 1.54) is 6.07 Å². The highest BCUT2D eigenvalue weighted by atomic mass is 19.4. The summed E-state index contributed by atoms with van der Waals surface area (Å²) in [4.78, 5) is 12.8. The van der Waals surface area contributed by atoms with Gasteiger partial charge in [-0.3, -0.25) is 4.79 Å². The fraction of sp³-hybridized carbons (Fsp3) is 0.364. The molecule has 3 aromatic rings. The molecule has 1 aliphatic rings. The van der Waals surface area contributed by atoms with Crippen molar-refractivity contribution >= 4 is 5.91 Å². The van der Waals surface area contributed by atoms with Gasteiger partial charge >= 0.3 is 6.18 Å². The summed E-state index contributed by atoms with van der Waals surface area (Å²) in [7, 11) is 0. The molecule has 4 rings (SSSR count). The van der Waals surface area contributed by atoms with E-state index in [0.29, 0.717) is 17.1 Å². The number of nitrogens with zero attached hydrogens (tertiary/aromatic N) is 4. The number of tetrazole rings is 1. The minimum absolute atomic E-state index is 0.0997. The van der Waals surface area contributed by atoms with Crippen LogP contribution in [-0.2, 0) is 0 Å². The summed E-state index contributed by atoms with van der Waals surface area (Å²) in [5.74, 6) is 0.112. The lowest BCUT2D eigenvalue weighted by Crippen LogP contribution is -2.54. The van der Waals surface area contributed by atoms with Crippen LogP contribution >= 0.6 is 0 Å². The van der Waals surface area contributed by atoms with Gasteiger partial charge in [0.1, 0.15) is 5.54 Å². The third kappa shape index (κ3) is 4.30. The molecule has 0 unspecified atom stereocenters. The van der Waals surface area contributed by atoms with Crippen molar-refractivity contribution in [1.82, 2.24) is 25.5 Å². The van der Waals surface area contributed by atoms with Crippen molar-refractivity contribution in [2.24, 2.45) is 0 Å². The van der Waals surface area contributed by atoms with Crippen LogP contribution < -0.4 is 5.32 Å². The van der Waals surface area contributed by atoms with Gasteiger partial charge in [-0.05, 0) is 73.4 Å². The molecule has 0 bridgehead atoms. The fourth-order valence-corrected chi connectivity index (χ4v) is 3.18. The highest BCUT2D eigenvalue weighted by molar-refractivity contribution is 5.96. The molecule has 0 atom stereocenters. The molecule has 1 amide bonds. The van der Waals surface area contributed by atoms with Crippen LogP contribution in [0.25, 0.3) is 16.8 Å². The number of aromatic nitrogens is 4. The molecule has 1 fully saturated rings. The average molecular weight is 429 g/mol. The van der Waals surface area contributed by atoms with E-state index >= 15 is 0 Å². The van der Waals surface area contributed by atoms with Gasteiger partial charge in [0.05, 0.1) is 5.69 Å². The van der Waals surface area contributed by atoms with Gasteiger partial charge in [-0.2, -0.15) is 17.9 Å². The summed E-state index contributed by atoms with van der Waals surface area (Å²) in [5, 5.41) is 14.0. The number of amides is 1. The lowest BCUT2D eigenvalue weighted by molar-refractivity contribution is -0.182. The Bertz CT molecular complexity index is 1110. The summed E-state index contributed by atoms with van der Waals surface area (Å²) in [6.45, 7) is 3.83. The predicted octanol–water partition coefficient (Wildman–Crippen LogP) is 4.59. The molecule has 0 aliphatic heterocycles. The van der Waals surface area contributed by atoms with Gasteiger partial charge in [-0.1, -0.05) is 29.8 Å². The van der Waals surface area contributed by atoms with E-state index in [-0.39, 0.29) is 11.5 Å². The normalized spacial score (nSPS) is 14.5. The standard InChI is InChI=1S/C22H22F3N5O/c1-13-4-6-14(7-5-13)16-10-17(20(31)26-21(2,3)22(23,24)25)12-18(11-16)30-19(15-8-9-15)27-28-29-30/h4-7,10-12,15H,8-9H2,1-3H3,(H,26,31). The van der Waals surface area contributed by atoms with Gasteiger partial charge in [-0.25, -0.2) is 0 Å². The summed E-state index contributed by atoms with van der Waals surface area (Å²) in [6.07, 6.45) is -2.63. The van der Waals surface area contributed by atoms with E-state index in [2.05, 4.69) is 20.8 Å². The first-order chi connectivity index (χ1) is 14.5. The first-order valence-electron chi connectivity index (χ1n) is 9.95. The molecule has 1 aliphatic carbocycles. The zero-order valence-corrected chi connectivity index (χ0v) is 17.4. The van der Waals surface area contributed by atoms with Crippen LogP contribution in [0, 0.1) is 6.92 Å². The van der Waals surface area contributed by atoms with E-state index in [9.17, 15) is 18.0 Å². The Labute approximate surface area is 177 Å². The molecular formula is C22H22F3N5O. The van der Waals surface area contributed by atoms with Crippen molar-refractivity contribution in [2.75, 3.05) is 0 Å². The zero-order valence-electron chi connectivity index (χ0n) is 17.4.